The van der Waals surface area contributed by atoms with E-state index in [-0.39, 0.29) is 0 Å². The van der Waals surface area contributed by atoms with Gasteiger partial charge in [0, 0.05) is 0 Å². The van der Waals surface area contributed by atoms with Crippen LogP contribution in [0.1, 0.15) is 148 Å². The van der Waals surface area contributed by atoms with Crippen LogP contribution in [0.4, 0.5) is 0 Å². The Labute approximate surface area is 299 Å². The van der Waals surface area contributed by atoms with Gasteiger partial charge in [-0.2, -0.15) is 22.7 Å². The maximum Gasteiger partial charge on any atom is 0.0815 e. The standard InChI is InChI=1S/C38H56B.C8H20N/c1-8-15-16-17-18-19-26-39(36-23-20-30(9-2)33(12-5)27-36,37-24-21-31(10-3)34(13-6)28-37)38-25-22-32(11-4)35(14-7)29-38;1-5-9(6-2,7-3)8-4/h20-25,27-29H,8-19,26H2,1-7H3;5-8H2,1-4H3/q-1;+1. The normalized spacial score (nSPS) is 11.8. The molecular formula is C46H76BN. The molecule has 0 radical (unpaired) electrons. The van der Waals surface area contributed by atoms with Crippen LogP contribution in [0.15, 0.2) is 54.6 Å². The van der Waals surface area contributed by atoms with Gasteiger partial charge in [0.25, 0.3) is 0 Å². The van der Waals surface area contributed by atoms with Crippen molar-refractivity contribution in [3.8, 4) is 0 Å². The fourth-order valence-electron chi connectivity index (χ4n) is 8.53. The van der Waals surface area contributed by atoms with Gasteiger partial charge in [0.15, 0.2) is 0 Å². The van der Waals surface area contributed by atoms with Gasteiger partial charge in [0.2, 0.25) is 0 Å². The minimum atomic E-state index is -1.08. The number of unbranched alkanes of at least 4 members (excludes halogenated alkanes) is 5. The lowest BCUT2D eigenvalue weighted by atomic mass is 9.14. The minimum absolute atomic E-state index is 1.08. The molecule has 0 amide bonds. The Bertz CT molecular complexity index is 1180. The minimum Gasteiger partial charge on any atom is -0.325 e. The third-order valence-electron chi connectivity index (χ3n) is 12.4. The van der Waals surface area contributed by atoms with Crippen LogP contribution in [-0.2, 0) is 38.5 Å². The molecule has 0 heterocycles. The first-order valence-corrected chi connectivity index (χ1v) is 20.7. The number of aryl methyl sites for hydroxylation is 6. The summed E-state index contributed by atoms with van der Waals surface area (Å²) in [5, 5.41) is 0. The Kier molecular flexibility index (Phi) is 18.9. The first-order chi connectivity index (χ1) is 23.3. The molecule has 0 bridgehead atoms. The summed E-state index contributed by atoms with van der Waals surface area (Å²) in [7, 11) is 0. The first kappa shape index (κ1) is 41.9. The summed E-state index contributed by atoms with van der Waals surface area (Å²) in [6.45, 7) is 30.4. The summed E-state index contributed by atoms with van der Waals surface area (Å²) in [5.74, 6) is 0. The molecule has 48 heavy (non-hydrogen) atoms. The number of quaternary nitrogens is 1. The van der Waals surface area contributed by atoms with E-state index in [1.807, 2.05) is 0 Å². The highest BCUT2D eigenvalue weighted by Crippen LogP contribution is 2.24. The van der Waals surface area contributed by atoms with Crippen LogP contribution in [0, 0.1) is 0 Å². The molecular weight excluding hydrogens is 577 g/mol. The second-order valence-electron chi connectivity index (χ2n) is 14.4. The molecule has 0 N–H and O–H groups in total. The van der Waals surface area contributed by atoms with Crippen molar-refractivity contribution in [1.29, 1.82) is 0 Å². The smallest absolute Gasteiger partial charge is 0.0815 e. The fraction of sp³-hybridized carbons (Fsp3) is 0.609. The summed E-state index contributed by atoms with van der Waals surface area (Å²) in [6.07, 6.45) is 14.8. The summed E-state index contributed by atoms with van der Waals surface area (Å²) in [6, 6.07) is 22.7. The van der Waals surface area contributed by atoms with E-state index in [1.54, 1.807) is 16.4 Å². The van der Waals surface area contributed by atoms with E-state index in [0.29, 0.717) is 0 Å². The first-order valence-electron chi connectivity index (χ1n) is 20.7. The molecule has 0 atom stereocenters. The molecule has 0 aliphatic rings. The molecule has 0 fully saturated rings. The molecule has 3 aromatic rings. The van der Waals surface area contributed by atoms with Crippen LogP contribution in [0.2, 0.25) is 6.32 Å². The molecule has 0 saturated heterocycles. The van der Waals surface area contributed by atoms with E-state index in [0.717, 1.165) is 38.5 Å². The average molecular weight is 654 g/mol. The van der Waals surface area contributed by atoms with Crippen LogP contribution in [0.5, 0.6) is 0 Å². The number of hydrogen-bond donors (Lipinski definition) is 0. The molecule has 2 heteroatoms. The zero-order valence-corrected chi connectivity index (χ0v) is 33.7. The number of hydrogen-bond acceptors (Lipinski definition) is 0. The summed E-state index contributed by atoms with van der Waals surface area (Å²) < 4.78 is 1.28. The number of benzene rings is 3. The predicted molar refractivity (Wildman–Crippen MR) is 221 cm³/mol. The van der Waals surface area contributed by atoms with E-state index < -0.39 is 6.15 Å². The van der Waals surface area contributed by atoms with E-state index in [9.17, 15) is 0 Å². The quantitative estimate of drug-likeness (QED) is 0.0647. The SMILES string of the molecule is CCCCCCCC[B-](c1ccc(CC)c(CC)c1)(c1ccc(CC)c(CC)c1)c1ccc(CC)c(CC)c1.CC[N+](CC)(CC)CC. The summed E-state index contributed by atoms with van der Waals surface area (Å²) in [4.78, 5) is 0. The molecule has 0 aromatic heterocycles. The van der Waals surface area contributed by atoms with E-state index in [2.05, 4.69) is 131 Å². The van der Waals surface area contributed by atoms with Crippen LogP contribution >= 0.6 is 0 Å². The van der Waals surface area contributed by atoms with E-state index in [1.165, 1.54) is 109 Å². The fourth-order valence-corrected chi connectivity index (χ4v) is 8.53. The highest BCUT2D eigenvalue weighted by molar-refractivity contribution is 7.11. The Hall–Kier alpha value is -2.32. The number of rotatable bonds is 20. The highest BCUT2D eigenvalue weighted by atomic mass is 15.3. The maximum absolute atomic E-state index is 2.61. The molecule has 3 aromatic carbocycles. The maximum atomic E-state index is 2.61. The van der Waals surface area contributed by atoms with Gasteiger partial charge in [-0.1, -0.05) is 142 Å². The van der Waals surface area contributed by atoms with Crippen LogP contribution in [0.3, 0.4) is 0 Å². The molecule has 0 unspecified atom stereocenters. The monoisotopic (exact) mass is 654 g/mol. The lowest BCUT2D eigenvalue weighted by molar-refractivity contribution is -0.921. The zero-order valence-electron chi connectivity index (χ0n) is 33.7. The largest absolute Gasteiger partial charge is 0.325 e. The van der Waals surface area contributed by atoms with Gasteiger partial charge in [-0.15, -0.1) is 0 Å². The third kappa shape index (κ3) is 10.4. The Balaban J connectivity index is 0.000000778. The van der Waals surface area contributed by atoms with Crippen molar-refractivity contribution in [1.82, 2.24) is 0 Å². The Morgan fingerprint density at radius 2 is 0.688 bits per heavy atom. The molecule has 0 saturated carbocycles. The molecule has 268 valence electrons. The van der Waals surface area contributed by atoms with Gasteiger partial charge in [-0.05, 0) is 99.6 Å². The average Bonchev–Trinajstić information content (AvgIpc) is 3.15. The number of nitrogens with zero attached hydrogens (tertiary/aromatic N) is 1. The predicted octanol–water partition coefficient (Wildman–Crippen LogP) is 10.8. The topological polar surface area (TPSA) is 0 Å². The summed E-state index contributed by atoms with van der Waals surface area (Å²) >= 11 is 0. The van der Waals surface area contributed by atoms with Crippen molar-refractivity contribution in [3.05, 3.63) is 88.0 Å². The van der Waals surface area contributed by atoms with Crippen molar-refractivity contribution in [3.63, 3.8) is 0 Å². The Morgan fingerprint density at radius 3 is 0.958 bits per heavy atom. The van der Waals surface area contributed by atoms with Crippen molar-refractivity contribution in [2.75, 3.05) is 26.2 Å². The zero-order chi connectivity index (χ0) is 35.6. The van der Waals surface area contributed by atoms with E-state index >= 15 is 0 Å². The van der Waals surface area contributed by atoms with Crippen molar-refractivity contribution in [2.45, 2.75) is 160 Å². The van der Waals surface area contributed by atoms with Crippen LogP contribution in [-0.4, -0.2) is 36.8 Å². The second kappa shape index (κ2) is 21.7. The second-order valence-corrected chi connectivity index (χ2v) is 14.4. The summed E-state index contributed by atoms with van der Waals surface area (Å²) in [5.41, 5.74) is 13.8. The van der Waals surface area contributed by atoms with Crippen molar-refractivity contribution in [2.24, 2.45) is 0 Å². The van der Waals surface area contributed by atoms with Gasteiger partial charge in [-0.25, -0.2) is 0 Å². The highest BCUT2D eigenvalue weighted by Gasteiger charge is 2.31. The molecule has 0 aliphatic heterocycles. The van der Waals surface area contributed by atoms with Crippen LogP contribution < -0.4 is 16.4 Å². The van der Waals surface area contributed by atoms with Gasteiger partial charge < -0.3 is 4.48 Å². The lowest BCUT2D eigenvalue weighted by Gasteiger charge is -2.45. The molecule has 0 aliphatic carbocycles. The van der Waals surface area contributed by atoms with Crippen LogP contribution in [0.25, 0.3) is 0 Å². The molecule has 0 spiro atoms. The Morgan fingerprint density at radius 1 is 0.375 bits per heavy atom. The van der Waals surface area contributed by atoms with Crippen molar-refractivity contribution >= 4 is 22.5 Å². The van der Waals surface area contributed by atoms with Gasteiger partial charge in [-0.3, -0.25) is 0 Å². The van der Waals surface area contributed by atoms with Gasteiger partial charge >= 0.3 is 0 Å². The molecule has 3 rings (SSSR count). The third-order valence-corrected chi connectivity index (χ3v) is 12.4. The van der Waals surface area contributed by atoms with Crippen molar-refractivity contribution < 1.29 is 4.48 Å². The molecule has 1 nitrogen and oxygen atoms in total. The lowest BCUT2D eigenvalue weighted by Crippen LogP contribution is -2.67. The van der Waals surface area contributed by atoms with Gasteiger partial charge in [0.05, 0.1) is 32.3 Å². The van der Waals surface area contributed by atoms with E-state index in [4.69, 9.17) is 0 Å². The van der Waals surface area contributed by atoms with Gasteiger partial charge in [0.1, 0.15) is 0 Å².